The molecule has 0 aromatic heterocycles. The number of unbranched alkanes of at least 4 members (excludes halogenated alkanes) is 3. The molecule has 6 nitrogen and oxygen atoms in total. The molecule has 0 heterocycles. The number of carbonyl (C=O) groups excluding carboxylic acids is 2. The largest absolute Gasteiger partial charge is 0.459 e. The summed E-state index contributed by atoms with van der Waals surface area (Å²) in [5.74, 6) is -7.54. The van der Waals surface area contributed by atoms with Gasteiger partial charge in [-0.05, 0) is 12.8 Å². The van der Waals surface area contributed by atoms with E-state index < -0.39 is 71.4 Å². The van der Waals surface area contributed by atoms with Crippen LogP contribution in [0.5, 0.6) is 0 Å². The standard InChI is InChI=1S/C31H33F9O6/c1-4-5-6-7-14-19-23(29(32,33)34)24(46-26(42)28(44-3,31(38,39)40)22-17-12-9-13-18-22)20-45-25(41)27(43-2,30(35,36)37)21-15-10-8-11-16-21/h8-19,23-24H,4-7,20H2,1-3H3/b19-14+. The highest BCUT2D eigenvalue weighted by Crippen LogP contribution is 2.45. The molecule has 0 N–H and O–H groups in total. The van der Waals surface area contributed by atoms with Gasteiger partial charge >= 0.3 is 30.5 Å². The van der Waals surface area contributed by atoms with Crippen molar-refractivity contribution < 1.29 is 68.1 Å². The highest BCUT2D eigenvalue weighted by atomic mass is 19.4. The first kappa shape index (κ1) is 38.6. The monoisotopic (exact) mass is 672 g/mol. The molecule has 2 aromatic carbocycles. The molecule has 2 rings (SSSR count). The molecule has 0 radical (unpaired) electrons. The van der Waals surface area contributed by atoms with Gasteiger partial charge in [-0.3, -0.25) is 0 Å². The summed E-state index contributed by atoms with van der Waals surface area (Å²) in [4.78, 5) is 26.3. The van der Waals surface area contributed by atoms with Crippen LogP contribution in [0.4, 0.5) is 39.5 Å². The van der Waals surface area contributed by atoms with Gasteiger partial charge < -0.3 is 18.9 Å². The van der Waals surface area contributed by atoms with E-state index in [2.05, 4.69) is 14.2 Å². The summed E-state index contributed by atoms with van der Waals surface area (Å²) in [5, 5.41) is 0. The molecule has 0 aliphatic carbocycles. The van der Waals surface area contributed by atoms with Crippen LogP contribution in [-0.4, -0.2) is 57.4 Å². The molecule has 0 aliphatic heterocycles. The fraction of sp³-hybridized carbons (Fsp3) is 0.484. The van der Waals surface area contributed by atoms with Crippen molar-refractivity contribution in [1.82, 2.24) is 0 Å². The second-order valence-electron chi connectivity index (χ2n) is 10.0. The van der Waals surface area contributed by atoms with Gasteiger partial charge in [-0.15, -0.1) is 0 Å². The lowest BCUT2D eigenvalue weighted by molar-refractivity contribution is -0.286. The minimum Gasteiger partial charge on any atom is -0.459 e. The van der Waals surface area contributed by atoms with Crippen LogP contribution in [-0.2, 0) is 39.7 Å². The SMILES string of the molecule is CCCCC/C=C/C(C(COC(=O)C(OC)(c1ccccc1)C(F)(F)F)OC(=O)C(OC)(c1ccccc1)C(F)(F)F)C(F)(F)F. The Balaban J connectivity index is 2.64. The number of methoxy groups -OCH3 is 2. The molecule has 256 valence electrons. The van der Waals surface area contributed by atoms with Gasteiger partial charge in [0.15, 0.2) is 6.10 Å². The van der Waals surface area contributed by atoms with Crippen LogP contribution in [0.15, 0.2) is 72.8 Å². The molecule has 4 unspecified atom stereocenters. The molecule has 46 heavy (non-hydrogen) atoms. The molecule has 0 amide bonds. The normalized spacial score (nSPS) is 16.7. The van der Waals surface area contributed by atoms with Crippen LogP contribution >= 0.6 is 0 Å². The number of alkyl halides is 9. The molecule has 0 bridgehead atoms. The van der Waals surface area contributed by atoms with E-state index in [9.17, 15) is 49.1 Å². The number of benzene rings is 2. The fourth-order valence-electron chi connectivity index (χ4n) is 4.66. The molecular formula is C31H33F9O6. The average Bonchev–Trinajstić information content (AvgIpc) is 2.97. The second-order valence-corrected chi connectivity index (χ2v) is 10.0. The number of hydrogen-bond acceptors (Lipinski definition) is 6. The Morgan fingerprint density at radius 2 is 1.17 bits per heavy atom. The summed E-state index contributed by atoms with van der Waals surface area (Å²) in [6.07, 6.45) is -15.8. The number of carbonyl (C=O) groups is 2. The zero-order chi connectivity index (χ0) is 34.8. The lowest BCUT2D eigenvalue weighted by atomic mass is 9.92. The lowest BCUT2D eigenvalue weighted by Crippen LogP contribution is -2.55. The fourth-order valence-corrected chi connectivity index (χ4v) is 4.66. The maximum atomic E-state index is 14.5. The molecule has 2 aromatic rings. The van der Waals surface area contributed by atoms with Crippen molar-refractivity contribution in [3.05, 3.63) is 83.9 Å². The van der Waals surface area contributed by atoms with E-state index >= 15 is 0 Å². The third-order valence-electron chi connectivity index (χ3n) is 7.08. The summed E-state index contributed by atoms with van der Waals surface area (Å²) in [6, 6.07) is 10.4. The van der Waals surface area contributed by atoms with Crippen molar-refractivity contribution in [1.29, 1.82) is 0 Å². The lowest BCUT2D eigenvalue weighted by Gasteiger charge is -2.36. The molecule has 4 atom stereocenters. The number of rotatable bonds is 15. The first-order chi connectivity index (χ1) is 21.4. The van der Waals surface area contributed by atoms with Crippen LogP contribution in [0.3, 0.4) is 0 Å². The van der Waals surface area contributed by atoms with Gasteiger partial charge in [0.25, 0.3) is 11.2 Å². The van der Waals surface area contributed by atoms with Gasteiger partial charge in [-0.2, -0.15) is 39.5 Å². The van der Waals surface area contributed by atoms with Crippen molar-refractivity contribution in [2.45, 2.75) is 68.4 Å². The predicted molar refractivity (Wildman–Crippen MR) is 146 cm³/mol. The Morgan fingerprint density at radius 1 is 0.717 bits per heavy atom. The smallest absolute Gasteiger partial charge is 0.432 e. The third kappa shape index (κ3) is 8.41. The quantitative estimate of drug-likeness (QED) is 0.0828. The molecule has 15 heteroatoms. The molecular weight excluding hydrogens is 639 g/mol. The van der Waals surface area contributed by atoms with Gasteiger partial charge in [0.2, 0.25) is 0 Å². The summed E-state index contributed by atoms with van der Waals surface area (Å²) in [5.41, 5.74) is -9.46. The Bertz CT molecular complexity index is 1280. The van der Waals surface area contributed by atoms with Gasteiger partial charge in [-0.25, -0.2) is 9.59 Å². The zero-order valence-corrected chi connectivity index (χ0v) is 25.0. The van der Waals surface area contributed by atoms with Crippen LogP contribution < -0.4 is 0 Å². The minimum absolute atomic E-state index is 0.0876. The highest BCUT2D eigenvalue weighted by molar-refractivity contribution is 5.84. The number of hydrogen-bond donors (Lipinski definition) is 0. The van der Waals surface area contributed by atoms with E-state index in [4.69, 9.17) is 4.74 Å². The van der Waals surface area contributed by atoms with E-state index in [-0.39, 0.29) is 6.42 Å². The van der Waals surface area contributed by atoms with Crippen LogP contribution in [0.25, 0.3) is 0 Å². The van der Waals surface area contributed by atoms with Gasteiger partial charge in [0.05, 0.1) is 0 Å². The topological polar surface area (TPSA) is 71.1 Å². The average molecular weight is 673 g/mol. The van der Waals surface area contributed by atoms with Crippen LogP contribution in [0.2, 0.25) is 0 Å². The Morgan fingerprint density at radius 3 is 1.57 bits per heavy atom. The van der Waals surface area contributed by atoms with Gasteiger partial charge in [0.1, 0.15) is 12.5 Å². The summed E-state index contributed by atoms with van der Waals surface area (Å²) in [6.45, 7) is 0.0897. The van der Waals surface area contributed by atoms with Gasteiger partial charge in [0, 0.05) is 25.3 Å². The number of halogens is 9. The maximum absolute atomic E-state index is 14.5. The molecule has 0 aliphatic rings. The predicted octanol–water partition coefficient (Wildman–Crippen LogP) is 7.96. The molecule has 0 saturated carbocycles. The number of ether oxygens (including phenoxy) is 4. The van der Waals surface area contributed by atoms with E-state index in [1.165, 1.54) is 12.1 Å². The zero-order valence-electron chi connectivity index (χ0n) is 25.0. The van der Waals surface area contributed by atoms with Crippen molar-refractivity contribution in [2.24, 2.45) is 5.92 Å². The van der Waals surface area contributed by atoms with Crippen LogP contribution in [0, 0.1) is 5.92 Å². The van der Waals surface area contributed by atoms with E-state index in [1.54, 1.807) is 0 Å². The molecule has 0 spiro atoms. The van der Waals surface area contributed by atoms with Crippen molar-refractivity contribution in [3.63, 3.8) is 0 Å². The van der Waals surface area contributed by atoms with E-state index in [0.717, 1.165) is 54.6 Å². The Kier molecular flexibility index (Phi) is 13.3. The Hall–Kier alpha value is -3.59. The highest BCUT2D eigenvalue weighted by Gasteiger charge is 2.66. The Labute approximate surface area is 259 Å². The minimum atomic E-state index is -5.60. The van der Waals surface area contributed by atoms with Crippen molar-refractivity contribution in [3.8, 4) is 0 Å². The van der Waals surface area contributed by atoms with Crippen LogP contribution in [0.1, 0.15) is 43.7 Å². The number of allylic oxidation sites excluding steroid dienone is 1. The third-order valence-corrected chi connectivity index (χ3v) is 7.08. The van der Waals surface area contributed by atoms with E-state index in [0.29, 0.717) is 39.6 Å². The van der Waals surface area contributed by atoms with Crippen molar-refractivity contribution in [2.75, 3.05) is 20.8 Å². The van der Waals surface area contributed by atoms with Gasteiger partial charge in [-0.1, -0.05) is 92.6 Å². The first-order valence-electron chi connectivity index (χ1n) is 13.9. The molecule has 0 saturated heterocycles. The summed E-state index contributed by atoms with van der Waals surface area (Å²) in [7, 11) is 0.981. The first-order valence-corrected chi connectivity index (χ1v) is 13.9. The second kappa shape index (κ2) is 15.8. The number of esters is 2. The van der Waals surface area contributed by atoms with Crippen molar-refractivity contribution >= 4 is 11.9 Å². The maximum Gasteiger partial charge on any atom is 0.432 e. The van der Waals surface area contributed by atoms with E-state index in [1.807, 2.05) is 6.92 Å². The summed E-state index contributed by atoms with van der Waals surface area (Å²) < 4.78 is 148. The summed E-state index contributed by atoms with van der Waals surface area (Å²) >= 11 is 0. The molecule has 0 fully saturated rings.